The summed E-state index contributed by atoms with van der Waals surface area (Å²) in [6, 6.07) is 0. The van der Waals surface area contributed by atoms with Crippen LogP contribution in [0.2, 0.25) is 0 Å². The van der Waals surface area contributed by atoms with Gasteiger partial charge in [-0.3, -0.25) is 4.79 Å². The Bertz CT molecular complexity index is 261. The topological polar surface area (TPSA) is 118 Å². The Kier molecular flexibility index (Phi) is 3.82. The number of rotatable bonds is 4. The first kappa shape index (κ1) is 11.0. The van der Waals surface area contributed by atoms with Gasteiger partial charge in [0, 0.05) is 6.16 Å². The zero-order valence-electron chi connectivity index (χ0n) is 5.80. The molecular formula is C5H5O6P-2. The van der Waals surface area contributed by atoms with Crippen LogP contribution in [0.1, 0.15) is 0 Å². The van der Waals surface area contributed by atoms with Gasteiger partial charge in [0.15, 0.2) is 0 Å². The van der Waals surface area contributed by atoms with Gasteiger partial charge >= 0.3 is 0 Å². The van der Waals surface area contributed by atoms with Crippen LogP contribution in [0.5, 0.6) is 0 Å². The average molecular weight is 192 g/mol. The number of hydrogen-bond donors (Lipinski definition) is 1. The standard InChI is InChI=1S/C5H7O6P/c6-4(5(7)8)2-1-3-12(9,10)11/h1-2H,3H2,(H,7,8)(H2,9,10,11)/p-2/b2-1-. The maximum Gasteiger partial charge on any atom is 0.200 e. The lowest BCUT2D eigenvalue weighted by Gasteiger charge is -2.11. The smallest absolute Gasteiger partial charge is 0.200 e. The first-order valence-electron chi connectivity index (χ1n) is 2.77. The van der Waals surface area contributed by atoms with Crippen molar-refractivity contribution in [3.8, 4) is 0 Å². The average Bonchev–Trinajstić information content (AvgIpc) is 1.84. The quantitative estimate of drug-likeness (QED) is 0.296. The van der Waals surface area contributed by atoms with Crippen LogP contribution in [-0.2, 0) is 14.2 Å². The first-order valence-corrected chi connectivity index (χ1v) is 4.54. The van der Waals surface area contributed by atoms with E-state index in [1.54, 1.807) is 0 Å². The molecule has 0 amide bonds. The first-order chi connectivity index (χ1) is 5.33. The molecule has 12 heavy (non-hydrogen) atoms. The molecule has 0 bridgehead atoms. The van der Waals surface area contributed by atoms with E-state index >= 15 is 0 Å². The van der Waals surface area contributed by atoms with Gasteiger partial charge in [-0.1, -0.05) is 6.08 Å². The second-order valence-corrected chi connectivity index (χ2v) is 3.51. The number of ketones is 1. The molecule has 1 N–H and O–H groups in total. The van der Waals surface area contributed by atoms with Gasteiger partial charge in [0.05, 0.1) is 0 Å². The fraction of sp³-hybridized carbons (Fsp3) is 0.200. The number of carbonyl (C=O) groups is 2. The molecule has 0 aliphatic carbocycles. The largest absolute Gasteiger partial charge is 0.778 e. The van der Waals surface area contributed by atoms with Crippen LogP contribution >= 0.6 is 7.60 Å². The molecule has 0 aromatic heterocycles. The summed E-state index contributed by atoms with van der Waals surface area (Å²) < 4.78 is 10.0. The van der Waals surface area contributed by atoms with Gasteiger partial charge < -0.3 is 24.3 Å². The Morgan fingerprint density at radius 1 is 1.50 bits per heavy atom. The van der Waals surface area contributed by atoms with E-state index in [9.17, 15) is 24.2 Å². The summed E-state index contributed by atoms with van der Waals surface area (Å²) in [6.07, 6.45) is 0.466. The third-order valence-corrected chi connectivity index (χ3v) is 1.48. The molecule has 0 saturated heterocycles. The third kappa shape index (κ3) is 5.79. The summed E-state index contributed by atoms with van der Waals surface area (Å²) in [5, 5.41) is 9.73. The molecular weight excluding hydrogens is 187 g/mol. The molecule has 1 atom stereocenters. The van der Waals surface area contributed by atoms with E-state index in [4.69, 9.17) is 4.89 Å². The number of carboxylic acid groups (broad SMARTS) is 1. The highest BCUT2D eigenvalue weighted by Gasteiger charge is 1.99. The van der Waals surface area contributed by atoms with E-state index in [0.29, 0.717) is 6.08 Å². The lowest BCUT2D eigenvalue weighted by atomic mass is 10.4. The van der Waals surface area contributed by atoms with Gasteiger partial charge in [-0.15, -0.1) is 0 Å². The fourth-order valence-electron chi connectivity index (χ4n) is 0.361. The maximum absolute atomic E-state index is 10.2. The summed E-state index contributed by atoms with van der Waals surface area (Å²) in [4.78, 5) is 38.1. The molecule has 0 aliphatic rings. The molecule has 1 unspecified atom stereocenters. The van der Waals surface area contributed by atoms with Crippen LogP contribution in [0.25, 0.3) is 0 Å². The van der Waals surface area contributed by atoms with Crippen LogP contribution in [0.15, 0.2) is 12.2 Å². The van der Waals surface area contributed by atoms with Crippen molar-refractivity contribution >= 4 is 19.3 Å². The number of carbonyl (C=O) groups excluding carboxylic acids is 2. The zero-order valence-corrected chi connectivity index (χ0v) is 6.69. The Labute approximate surface area is 67.7 Å². The molecule has 68 valence electrons. The monoisotopic (exact) mass is 192 g/mol. The molecule has 0 aromatic rings. The lowest BCUT2D eigenvalue weighted by molar-refractivity contribution is -0.299. The second kappa shape index (κ2) is 4.15. The molecule has 6 nitrogen and oxygen atoms in total. The number of aliphatic carboxylic acids is 1. The molecule has 0 rings (SSSR count). The van der Waals surface area contributed by atoms with Crippen molar-refractivity contribution in [1.29, 1.82) is 0 Å². The van der Waals surface area contributed by atoms with Crippen LogP contribution < -0.4 is 10.00 Å². The van der Waals surface area contributed by atoms with Crippen LogP contribution in [-0.4, -0.2) is 22.8 Å². The minimum absolute atomic E-state index is 0.510. The highest BCUT2D eigenvalue weighted by atomic mass is 31.2. The Hall–Kier alpha value is -0.970. The van der Waals surface area contributed by atoms with Gasteiger partial charge in [-0.2, -0.15) is 0 Å². The number of allylic oxidation sites excluding steroid dienone is 1. The van der Waals surface area contributed by atoms with E-state index in [1.807, 2.05) is 0 Å². The fourth-order valence-corrected chi connectivity index (χ4v) is 0.733. The molecule has 0 fully saturated rings. The molecule has 0 radical (unpaired) electrons. The van der Waals surface area contributed by atoms with Gasteiger partial charge in [-0.25, -0.2) is 0 Å². The minimum atomic E-state index is -4.45. The van der Waals surface area contributed by atoms with E-state index in [-0.39, 0.29) is 0 Å². The number of carboxylic acids is 1. The van der Waals surface area contributed by atoms with Crippen molar-refractivity contribution in [2.45, 2.75) is 0 Å². The Morgan fingerprint density at radius 3 is 2.33 bits per heavy atom. The van der Waals surface area contributed by atoms with Crippen molar-refractivity contribution in [3.05, 3.63) is 12.2 Å². The Morgan fingerprint density at radius 2 is 2.00 bits per heavy atom. The second-order valence-electron chi connectivity index (χ2n) is 1.87. The summed E-state index contributed by atoms with van der Waals surface area (Å²) in [5.74, 6) is -3.27. The normalized spacial score (nSPS) is 15.8. The van der Waals surface area contributed by atoms with Crippen LogP contribution in [0.3, 0.4) is 0 Å². The molecule has 0 aromatic carbocycles. The molecule has 0 saturated carbocycles. The van der Waals surface area contributed by atoms with Crippen molar-refractivity contribution < 1.29 is 29.0 Å². The van der Waals surface area contributed by atoms with E-state index < -0.39 is 25.5 Å². The number of hydrogen-bond acceptors (Lipinski definition) is 5. The van der Waals surface area contributed by atoms with E-state index in [2.05, 4.69) is 0 Å². The molecule has 0 aliphatic heterocycles. The highest BCUT2D eigenvalue weighted by molar-refractivity contribution is 7.50. The van der Waals surface area contributed by atoms with Gasteiger partial charge in [0.2, 0.25) is 5.78 Å². The maximum atomic E-state index is 10.2. The highest BCUT2D eigenvalue weighted by Crippen LogP contribution is 2.27. The lowest BCUT2D eigenvalue weighted by Crippen LogP contribution is -2.30. The summed E-state index contributed by atoms with van der Waals surface area (Å²) in [5.41, 5.74) is 0. The van der Waals surface area contributed by atoms with Crippen molar-refractivity contribution in [2.75, 3.05) is 6.16 Å². The van der Waals surface area contributed by atoms with Gasteiger partial charge in [0.1, 0.15) is 13.6 Å². The van der Waals surface area contributed by atoms with Crippen molar-refractivity contribution in [3.63, 3.8) is 0 Å². The van der Waals surface area contributed by atoms with E-state index in [0.717, 1.165) is 6.08 Å². The minimum Gasteiger partial charge on any atom is -0.778 e. The van der Waals surface area contributed by atoms with Crippen LogP contribution in [0, 0.1) is 0 Å². The summed E-state index contributed by atoms with van der Waals surface area (Å²) in [7, 11) is -4.45. The van der Waals surface area contributed by atoms with Gasteiger partial charge in [-0.05, 0) is 6.08 Å². The van der Waals surface area contributed by atoms with Crippen molar-refractivity contribution in [1.82, 2.24) is 0 Å². The third-order valence-electron chi connectivity index (χ3n) is 0.807. The molecule has 0 heterocycles. The molecule has 0 spiro atoms. The van der Waals surface area contributed by atoms with E-state index in [1.165, 1.54) is 0 Å². The predicted octanol–water partition coefficient (Wildman–Crippen LogP) is -2.59. The molecule has 7 heteroatoms. The summed E-state index contributed by atoms with van der Waals surface area (Å²) >= 11 is 0. The van der Waals surface area contributed by atoms with Crippen molar-refractivity contribution in [2.24, 2.45) is 0 Å². The summed E-state index contributed by atoms with van der Waals surface area (Å²) in [6.45, 7) is 0. The van der Waals surface area contributed by atoms with Crippen LogP contribution in [0.4, 0.5) is 0 Å². The van der Waals surface area contributed by atoms with Gasteiger partial charge in [0.25, 0.3) is 0 Å². The predicted molar refractivity (Wildman–Crippen MR) is 33.8 cm³/mol. The zero-order chi connectivity index (χ0) is 9.78. The SMILES string of the molecule is O=C([O-])C(=O)/C=C\CP(=O)([O-])O. The Balaban J connectivity index is 4.03.